The molecule has 0 aliphatic carbocycles. The fourth-order valence-electron chi connectivity index (χ4n) is 2.92. The Balaban J connectivity index is 2.43. The number of rotatable bonds is 9. The summed E-state index contributed by atoms with van der Waals surface area (Å²) < 4.78 is 7.00. The van der Waals surface area contributed by atoms with E-state index in [1.54, 1.807) is 31.2 Å². The number of carbonyl (C=O) groups excluding carboxylic acids is 1. The van der Waals surface area contributed by atoms with E-state index in [-0.39, 0.29) is 24.0 Å². The van der Waals surface area contributed by atoms with Gasteiger partial charge in [-0.15, -0.1) is 0 Å². The SMILES string of the molecule is CCCCn1c(N)c(N(CC)C(=O)c2cccc(OCC(C)C)c2)c(=O)[nH]c1=O. The molecule has 3 N–H and O–H groups in total. The first-order valence-corrected chi connectivity index (χ1v) is 9.97. The van der Waals surface area contributed by atoms with E-state index in [4.69, 9.17) is 10.5 Å². The van der Waals surface area contributed by atoms with E-state index in [9.17, 15) is 14.4 Å². The summed E-state index contributed by atoms with van der Waals surface area (Å²) in [4.78, 5) is 41.4. The molecule has 29 heavy (non-hydrogen) atoms. The Morgan fingerprint density at radius 2 is 2.00 bits per heavy atom. The third-order valence-corrected chi connectivity index (χ3v) is 4.44. The van der Waals surface area contributed by atoms with Gasteiger partial charge in [0.25, 0.3) is 11.5 Å². The summed E-state index contributed by atoms with van der Waals surface area (Å²) in [6, 6.07) is 6.81. The summed E-state index contributed by atoms with van der Waals surface area (Å²) in [6.45, 7) is 8.93. The number of unbranched alkanes of at least 4 members (excludes halogenated alkanes) is 1. The van der Waals surface area contributed by atoms with Crippen molar-refractivity contribution in [3.8, 4) is 5.75 Å². The smallest absolute Gasteiger partial charge is 0.330 e. The lowest BCUT2D eigenvalue weighted by atomic mass is 10.1. The summed E-state index contributed by atoms with van der Waals surface area (Å²) in [6.07, 6.45) is 1.59. The number of amides is 1. The van der Waals surface area contributed by atoms with Gasteiger partial charge in [-0.3, -0.25) is 19.1 Å². The van der Waals surface area contributed by atoms with E-state index in [2.05, 4.69) is 4.98 Å². The second-order valence-electron chi connectivity index (χ2n) is 7.28. The summed E-state index contributed by atoms with van der Waals surface area (Å²) in [5.74, 6) is 0.537. The molecule has 0 saturated carbocycles. The quantitative estimate of drug-likeness (QED) is 0.670. The van der Waals surface area contributed by atoms with Gasteiger partial charge in [0.05, 0.1) is 6.61 Å². The molecule has 8 heteroatoms. The van der Waals surface area contributed by atoms with Crippen LogP contribution in [0.1, 0.15) is 50.9 Å². The Hall–Kier alpha value is -3.03. The number of anilines is 2. The van der Waals surface area contributed by atoms with Crippen molar-refractivity contribution in [1.29, 1.82) is 0 Å². The molecule has 0 spiro atoms. The highest BCUT2D eigenvalue weighted by molar-refractivity contribution is 6.07. The van der Waals surface area contributed by atoms with Crippen molar-refractivity contribution in [2.75, 3.05) is 23.8 Å². The van der Waals surface area contributed by atoms with Crippen molar-refractivity contribution in [2.45, 2.75) is 47.1 Å². The van der Waals surface area contributed by atoms with Gasteiger partial charge in [0.1, 0.15) is 11.6 Å². The van der Waals surface area contributed by atoms with Crippen molar-refractivity contribution in [3.05, 3.63) is 50.7 Å². The van der Waals surface area contributed by atoms with Crippen LogP contribution in [0.5, 0.6) is 5.75 Å². The second-order valence-corrected chi connectivity index (χ2v) is 7.28. The molecule has 0 bridgehead atoms. The molecule has 1 aromatic heterocycles. The number of benzene rings is 1. The predicted molar refractivity (Wildman–Crippen MR) is 115 cm³/mol. The van der Waals surface area contributed by atoms with Crippen LogP contribution >= 0.6 is 0 Å². The molecule has 0 atom stereocenters. The largest absolute Gasteiger partial charge is 0.493 e. The molecule has 0 aliphatic heterocycles. The van der Waals surface area contributed by atoms with Gasteiger partial charge < -0.3 is 15.4 Å². The molecule has 1 heterocycles. The molecule has 0 unspecified atom stereocenters. The summed E-state index contributed by atoms with van der Waals surface area (Å²) >= 11 is 0. The molecule has 0 saturated heterocycles. The first kappa shape index (κ1) is 22.3. The van der Waals surface area contributed by atoms with E-state index >= 15 is 0 Å². The molecule has 2 aromatic rings. The maximum absolute atomic E-state index is 13.2. The zero-order valence-corrected chi connectivity index (χ0v) is 17.5. The van der Waals surface area contributed by atoms with Gasteiger partial charge in [-0.05, 0) is 37.5 Å². The Labute approximate surface area is 170 Å². The van der Waals surface area contributed by atoms with Crippen LogP contribution in [0.15, 0.2) is 33.9 Å². The number of hydrogen-bond acceptors (Lipinski definition) is 5. The van der Waals surface area contributed by atoms with Gasteiger partial charge in [-0.1, -0.05) is 33.3 Å². The van der Waals surface area contributed by atoms with Gasteiger partial charge in [-0.2, -0.15) is 0 Å². The Bertz CT molecular complexity index is 962. The fraction of sp³-hybridized carbons (Fsp3) is 0.476. The zero-order chi connectivity index (χ0) is 21.6. The van der Waals surface area contributed by atoms with E-state index in [1.165, 1.54) is 9.47 Å². The highest BCUT2D eigenvalue weighted by Crippen LogP contribution is 2.21. The van der Waals surface area contributed by atoms with Crippen LogP contribution in [0, 0.1) is 5.92 Å². The minimum Gasteiger partial charge on any atom is -0.493 e. The number of ether oxygens (including phenoxy) is 1. The van der Waals surface area contributed by atoms with Crippen LogP contribution in [0.25, 0.3) is 0 Å². The fourth-order valence-corrected chi connectivity index (χ4v) is 2.92. The third kappa shape index (κ3) is 5.28. The predicted octanol–water partition coefficient (Wildman–Crippen LogP) is 2.62. The molecule has 2 rings (SSSR count). The number of nitrogens with two attached hydrogens (primary N) is 1. The number of nitrogens with zero attached hydrogens (tertiary/aromatic N) is 2. The highest BCUT2D eigenvalue weighted by atomic mass is 16.5. The van der Waals surface area contributed by atoms with Gasteiger partial charge in [0.2, 0.25) is 0 Å². The lowest BCUT2D eigenvalue weighted by Gasteiger charge is -2.23. The Morgan fingerprint density at radius 3 is 2.62 bits per heavy atom. The number of H-pyrrole nitrogens is 1. The molecule has 0 fully saturated rings. The number of carbonyl (C=O) groups is 1. The molecule has 158 valence electrons. The topological polar surface area (TPSA) is 110 Å². The summed E-state index contributed by atoms with van der Waals surface area (Å²) in [5.41, 5.74) is 5.26. The lowest BCUT2D eigenvalue weighted by molar-refractivity contribution is 0.0987. The third-order valence-electron chi connectivity index (χ3n) is 4.44. The van der Waals surface area contributed by atoms with Gasteiger partial charge in [0, 0.05) is 18.7 Å². The maximum atomic E-state index is 13.2. The van der Waals surface area contributed by atoms with Crippen molar-refractivity contribution in [3.63, 3.8) is 0 Å². The first-order valence-electron chi connectivity index (χ1n) is 9.97. The van der Waals surface area contributed by atoms with Gasteiger partial charge in [0.15, 0.2) is 5.69 Å². The van der Waals surface area contributed by atoms with Crippen LogP contribution in [0.3, 0.4) is 0 Å². The van der Waals surface area contributed by atoms with Crippen molar-refractivity contribution in [2.24, 2.45) is 5.92 Å². The van der Waals surface area contributed by atoms with Crippen LogP contribution in [0.2, 0.25) is 0 Å². The molecule has 1 aromatic carbocycles. The first-order chi connectivity index (χ1) is 13.8. The van der Waals surface area contributed by atoms with E-state index in [0.29, 0.717) is 30.4 Å². The van der Waals surface area contributed by atoms with Crippen LogP contribution in [-0.4, -0.2) is 28.6 Å². The van der Waals surface area contributed by atoms with Gasteiger partial charge in [-0.25, -0.2) is 4.79 Å². The Morgan fingerprint density at radius 1 is 1.28 bits per heavy atom. The average molecular weight is 402 g/mol. The summed E-state index contributed by atoms with van der Waals surface area (Å²) in [5, 5.41) is 0. The monoisotopic (exact) mass is 402 g/mol. The Kier molecular flexibility index (Phi) is 7.64. The van der Waals surface area contributed by atoms with Crippen LogP contribution < -0.4 is 26.6 Å². The molecular weight excluding hydrogens is 372 g/mol. The van der Waals surface area contributed by atoms with Crippen molar-refractivity contribution >= 4 is 17.4 Å². The minimum absolute atomic E-state index is 0.00499. The second kappa shape index (κ2) is 9.95. The number of nitrogen functional groups attached to an aromatic ring is 1. The normalized spacial score (nSPS) is 10.9. The van der Waals surface area contributed by atoms with E-state index in [1.807, 2.05) is 20.8 Å². The van der Waals surface area contributed by atoms with Gasteiger partial charge >= 0.3 is 5.69 Å². The standard InChI is InChI=1S/C21H30N4O4/c1-5-7-11-25-18(22)17(19(26)23-21(25)28)24(6-2)20(27)15-9-8-10-16(12-15)29-13-14(3)4/h8-10,12,14H,5-7,11,13,22H2,1-4H3,(H,23,26,28). The van der Waals surface area contributed by atoms with Crippen molar-refractivity contribution < 1.29 is 9.53 Å². The van der Waals surface area contributed by atoms with E-state index < -0.39 is 11.2 Å². The van der Waals surface area contributed by atoms with Crippen molar-refractivity contribution in [1.82, 2.24) is 9.55 Å². The number of nitrogens with one attached hydrogen (secondary N) is 1. The molecule has 0 radical (unpaired) electrons. The molecule has 0 aliphatic rings. The number of aromatic amines is 1. The molecule has 8 nitrogen and oxygen atoms in total. The lowest BCUT2D eigenvalue weighted by Crippen LogP contribution is -2.41. The van der Waals surface area contributed by atoms with Crippen LogP contribution in [-0.2, 0) is 6.54 Å². The summed E-state index contributed by atoms with van der Waals surface area (Å²) in [7, 11) is 0. The number of aromatic nitrogens is 2. The van der Waals surface area contributed by atoms with Crippen LogP contribution in [0.4, 0.5) is 11.5 Å². The molecule has 1 amide bonds. The highest BCUT2D eigenvalue weighted by Gasteiger charge is 2.24. The average Bonchev–Trinajstić information content (AvgIpc) is 2.69. The zero-order valence-electron chi connectivity index (χ0n) is 17.5. The van der Waals surface area contributed by atoms with E-state index in [0.717, 1.165) is 12.8 Å². The molecular formula is C21H30N4O4. The number of hydrogen-bond donors (Lipinski definition) is 2. The maximum Gasteiger partial charge on any atom is 0.330 e. The minimum atomic E-state index is -0.678.